The number of likely N-dealkylation sites (tertiary alicyclic amines) is 1. The van der Waals surface area contributed by atoms with E-state index in [1.165, 1.54) is 7.11 Å². The third-order valence-corrected chi connectivity index (χ3v) is 4.30. The minimum Gasteiger partial charge on any atom is -0.496 e. The van der Waals surface area contributed by atoms with Crippen LogP contribution in [0.25, 0.3) is 0 Å². The van der Waals surface area contributed by atoms with Crippen LogP contribution in [0.5, 0.6) is 5.75 Å². The number of ether oxygens (including phenoxy) is 1. The van der Waals surface area contributed by atoms with Gasteiger partial charge in [-0.15, -0.1) is 0 Å². The Morgan fingerprint density at radius 2 is 1.95 bits per heavy atom. The van der Waals surface area contributed by atoms with Gasteiger partial charge in [0.05, 0.1) is 18.1 Å². The third kappa shape index (κ3) is 3.13. The van der Waals surface area contributed by atoms with Gasteiger partial charge in [-0.1, -0.05) is 11.6 Å². The van der Waals surface area contributed by atoms with Crippen molar-refractivity contribution in [3.63, 3.8) is 0 Å². The van der Waals surface area contributed by atoms with Gasteiger partial charge in [-0.25, -0.2) is 0 Å². The summed E-state index contributed by atoms with van der Waals surface area (Å²) in [5.41, 5.74) is -0.348. The Kier molecular flexibility index (Phi) is 4.42. The standard InChI is InChI=1S/C15H18ClNO4/c1-15(14(19)20)5-7-17(8-6-15)13(18)11-9-10(16)3-4-12(11)21-2/h3-4,9H,5-8H2,1-2H3,(H,19,20). The summed E-state index contributed by atoms with van der Waals surface area (Å²) >= 11 is 5.94. The fourth-order valence-corrected chi connectivity index (χ4v) is 2.61. The van der Waals surface area contributed by atoms with Crippen LogP contribution in [0.3, 0.4) is 0 Å². The number of nitrogens with zero attached hydrogens (tertiary/aromatic N) is 1. The van der Waals surface area contributed by atoms with Crippen LogP contribution in [0.2, 0.25) is 5.02 Å². The molecule has 0 spiro atoms. The molecule has 0 saturated carbocycles. The van der Waals surface area contributed by atoms with Gasteiger partial charge in [-0.05, 0) is 38.0 Å². The molecule has 0 bridgehead atoms. The van der Waals surface area contributed by atoms with Crippen molar-refractivity contribution >= 4 is 23.5 Å². The summed E-state index contributed by atoms with van der Waals surface area (Å²) in [7, 11) is 1.50. The quantitative estimate of drug-likeness (QED) is 0.932. The zero-order chi connectivity index (χ0) is 15.6. The first-order valence-electron chi connectivity index (χ1n) is 6.73. The summed E-state index contributed by atoms with van der Waals surface area (Å²) in [5, 5.41) is 9.68. The first kappa shape index (κ1) is 15.6. The van der Waals surface area contributed by atoms with Crippen molar-refractivity contribution < 1.29 is 19.4 Å². The lowest BCUT2D eigenvalue weighted by Crippen LogP contribution is -2.45. The van der Waals surface area contributed by atoms with Crippen molar-refractivity contribution in [1.82, 2.24) is 4.90 Å². The van der Waals surface area contributed by atoms with Gasteiger partial charge in [0.2, 0.25) is 0 Å². The Hall–Kier alpha value is -1.75. The van der Waals surface area contributed by atoms with Crippen molar-refractivity contribution in [3.05, 3.63) is 28.8 Å². The highest BCUT2D eigenvalue weighted by atomic mass is 35.5. The van der Waals surface area contributed by atoms with E-state index in [4.69, 9.17) is 16.3 Å². The normalized spacial score (nSPS) is 17.4. The maximum Gasteiger partial charge on any atom is 0.309 e. The summed E-state index contributed by atoms with van der Waals surface area (Å²) in [6.07, 6.45) is 0.883. The molecular weight excluding hydrogens is 294 g/mol. The molecule has 21 heavy (non-hydrogen) atoms. The van der Waals surface area contributed by atoms with Crippen molar-refractivity contribution in [1.29, 1.82) is 0 Å². The fourth-order valence-electron chi connectivity index (χ4n) is 2.43. The first-order valence-corrected chi connectivity index (χ1v) is 7.11. The van der Waals surface area contributed by atoms with Crippen molar-refractivity contribution in [2.45, 2.75) is 19.8 Å². The van der Waals surface area contributed by atoms with E-state index < -0.39 is 11.4 Å². The zero-order valence-electron chi connectivity index (χ0n) is 12.1. The maximum absolute atomic E-state index is 12.6. The summed E-state index contributed by atoms with van der Waals surface area (Å²) in [6, 6.07) is 4.89. The number of amides is 1. The van der Waals surface area contributed by atoms with E-state index in [0.717, 1.165) is 0 Å². The topological polar surface area (TPSA) is 66.8 Å². The van der Waals surface area contributed by atoms with Crippen LogP contribution in [0.1, 0.15) is 30.1 Å². The predicted octanol–water partition coefficient (Wildman–Crippen LogP) is 2.68. The average Bonchev–Trinajstić information content (AvgIpc) is 2.47. The molecule has 1 fully saturated rings. The van der Waals surface area contributed by atoms with E-state index in [9.17, 15) is 14.7 Å². The SMILES string of the molecule is COc1ccc(Cl)cc1C(=O)N1CCC(C)(C(=O)O)CC1. The van der Waals surface area contributed by atoms with Gasteiger partial charge in [-0.3, -0.25) is 9.59 Å². The largest absolute Gasteiger partial charge is 0.496 e. The lowest BCUT2D eigenvalue weighted by atomic mass is 9.80. The van der Waals surface area contributed by atoms with E-state index in [1.54, 1.807) is 30.0 Å². The molecule has 0 unspecified atom stereocenters. The molecule has 1 aromatic rings. The Bertz CT molecular complexity index is 565. The van der Waals surface area contributed by atoms with Crippen molar-refractivity contribution in [3.8, 4) is 5.75 Å². The van der Waals surface area contributed by atoms with E-state index in [1.807, 2.05) is 0 Å². The van der Waals surface area contributed by atoms with Gasteiger partial charge in [0.1, 0.15) is 5.75 Å². The number of piperidine rings is 1. The highest BCUT2D eigenvalue weighted by Crippen LogP contribution is 2.32. The van der Waals surface area contributed by atoms with Crippen LogP contribution in [-0.4, -0.2) is 42.1 Å². The number of carboxylic acid groups (broad SMARTS) is 1. The van der Waals surface area contributed by atoms with E-state index >= 15 is 0 Å². The minimum absolute atomic E-state index is 0.179. The molecule has 1 aliphatic heterocycles. The molecule has 2 rings (SSSR count). The van der Waals surface area contributed by atoms with E-state index in [2.05, 4.69) is 0 Å². The minimum atomic E-state index is -0.810. The lowest BCUT2D eigenvalue weighted by Gasteiger charge is -2.36. The van der Waals surface area contributed by atoms with E-state index in [-0.39, 0.29) is 5.91 Å². The number of hydrogen-bond donors (Lipinski definition) is 1. The molecule has 1 saturated heterocycles. The Balaban J connectivity index is 2.16. The molecule has 1 heterocycles. The number of aliphatic carboxylic acids is 1. The van der Waals surface area contributed by atoms with Gasteiger partial charge in [0.25, 0.3) is 5.91 Å². The summed E-state index contributed by atoms with van der Waals surface area (Å²) < 4.78 is 5.19. The number of benzene rings is 1. The van der Waals surface area contributed by atoms with Gasteiger partial charge in [-0.2, -0.15) is 0 Å². The number of hydrogen-bond acceptors (Lipinski definition) is 3. The molecule has 1 N–H and O–H groups in total. The summed E-state index contributed by atoms with van der Waals surface area (Å²) in [4.78, 5) is 25.4. The second kappa shape index (κ2) is 5.93. The highest BCUT2D eigenvalue weighted by molar-refractivity contribution is 6.31. The van der Waals surface area contributed by atoms with Crippen LogP contribution >= 0.6 is 11.6 Å². The number of carbonyl (C=O) groups is 2. The van der Waals surface area contributed by atoms with Crippen molar-refractivity contribution in [2.75, 3.05) is 20.2 Å². The second-order valence-corrected chi connectivity index (χ2v) is 5.94. The van der Waals surface area contributed by atoms with Gasteiger partial charge in [0, 0.05) is 18.1 Å². The van der Waals surface area contributed by atoms with Gasteiger partial charge < -0.3 is 14.7 Å². The molecule has 0 atom stereocenters. The van der Waals surface area contributed by atoms with Crippen LogP contribution < -0.4 is 4.74 Å². The number of carbonyl (C=O) groups excluding carboxylic acids is 1. The Labute approximate surface area is 128 Å². The van der Waals surface area contributed by atoms with Crippen LogP contribution in [-0.2, 0) is 4.79 Å². The molecule has 5 nitrogen and oxygen atoms in total. The van der Waals surface area contributed by atoms with Crippen LogP contribution in [0.15, 0.2) is 18.2 Å². The number of methoxy groups -OCH3 is 1. The number of carboxylic acids is 1. The molecule has 1 amide bonds. The lowest BCUT2D eigenvalue weighted by molar-refractivity contribution is -0.150. The number of halogens is 1. The molecule has 1 aromatic carbocycles. The smallest absolute Gasteiger partial charge is 0.309 e. The zero-order valence-corrected chi connectivity index (χ0v) is 12.8. The van der Waals surface area contributed by atoms with Gasteiger partial charge >= 0.3 is 5.97 Å². The van der Waals surface area contributed by atoms with Crippen LogP contribution in [0.4, 0.5) is 0 Å². The molecular formula is C15H18ClNO4. The monoisotopic (exact) mass is 311 g/mol. The molecule has 0 aliphatic carbocycles. The first-order chi connectivity index (χ1) is 9.87. The Morgan fingerprint density at radius 3 is 2.48 bits per heavy atom. The average molecular weight is 312 g/mol. The summed E-state index contributed by atoms with van der Waals surface area (Å²) in [6.45, 7) is 2.55. The van der Waals surface area contributed by atoms with Crippen LogP contribution in [0, 0.1) is 5.41 Å². The summed E-state index contributed by atoms with van der Waals surface area (Å²) in [5.74, 6) is -0.521. The molecule has 1 aliphatic rings. The predicted molar refractivity (Wildman–Crippen MR) is 78.9 cm³/mol. The fraction of sp³-hybridized carbons (Fsp3) is 0.467. The molecule has 6 heteroatoms. The number of rotatable bonds is 3. The van der Waals surface area contributed by atoms with Crippen molar-refractivity contribution in [2.24, 2.45) is 5.41 Å². The molecule has 0 radical (unpaired) electrons. The molecule has 114 valence electrons. The van der Waals surface area contributed by atoms with Gasteiger partial charge in [0.15, 0.2) is 0 Å². The molecule has 0 aromatic heterocycles. The highest BCUT2D eigenvalue weighted by Gasteiger charge is 2.38. The van der Waals surface area contributed by atoms with E-state index in [0.29, 0.717) is 42.3 Å². The maximum atomic E-state index is 12.6. The second-order valence-electron chi connectivity index (χ2n) is 5.50. The Morgan fingerprint density at radius 1 is 1.33 bits per heavy atom. The third-order valence-electron chi connectivity index (χ3n) is 4.06.